The van der Waals surface area contributed by atoms with Gasteiger partial charge in [-0.15, -0.1) is 0 Å². The summed E-state index contributed by atoms with van der Waals surface area (Å²) in [6.07, 6.45) is 10.9. The van der Waals surface area contributed by atoms with Crippen LogP contribution in [0.15, 0.2) is 12.2 Å². The fourth-order valence-electron chi connectivity index (χ4n) is 2.75. The second-order valence-electron chi connectivity index (χ2n) is 6.29. The monoisotopic (exact) mass is 330 g/mol. The van der Waals surface area contributed by atoms with E-state index in [4.69, 9.17) is 14.6 Å². The van der Waals surface area contributed by atoms with Crippen LogP contribution in [0.4, 0.5) is 0 Å². The van der Waals surface area contributed by atoms with Gasteiger partial charge in [0.1, 0.15) is 24.4 Å². The van der Waals surface area contributed by atoms with Gasteiger partial charge in [-0.3, -0.25) is 0 Å². The summed E-state index contributed by atoms with van der Waals surface area (Å²) in [6.45, 7) is 2.52. The Bertz CT molecular complexity index is 308. The summed E-state index contributed by atoms with van der Waals surface area (Å²) in [7, 11) is 0. The largest absolute Gasteiger partial charge is 0.394 e. The Morgan fingerprint density at radius 2 is 1.70 bits per heavy atom. The lowest BCUT2D eigenvalue weighted by atomic mass is 10.0. The van der Waals surface area contributed by atoms with Gasteiger partial charge in [0.2, 0.25) is 0 Å². The van der Waals surface area contributed by atoms with Crippen LogP contribution in [0, 0.1) is 0 Å². The molecule has 136 valence electrons. The van der Waals surface area contributed by atoms with Gasteiger partial charge in [-0.25, -0.2) is 0 Å². The Labute approximate surface area is 140 Å². The van der Waals surface area contributed by atoms with E-state index < -0.39 is 24.4 Å². The molecule has 0 aromatic rings. The molecular formula is C18H34O5. The highest BCUT2D eigenvalue weighted by atomic mass is 16.6. The molecular weight excluding hydrogens is 296 g/mol. The average molecular weight is 330 g/mol. The summed E-state index contributed by atoms with van der Waals surface area (Å²) >= 11 is 0. The van der Waals surface area contributed by atoms with Gasteiger partial charge in [0.15, 0.2) is 0 Å². The van der Waals surface area contributed by atoms with Gasteiger partial charge < -0.3 is 24.8 Å². The number of unbranched alkanes of at least 4 members (excludes halogenated alkanes) is 7. The van der Waals surface area contributed by atoms with E-state index in [-0.39, 0.29) is 13.2 Å². The second kappa shape index (κ2) is 12.9. The molecule has 1 aliphatic heterocycles. The van der Waals surface area contributed by atoms with E-state index in [1.165, 1.54) is 44.9 Å². The van der Waals surface area contributed by atoms with Crippen molar-refractivity contribution in [3.8, 4) is 0 Å². The van der Waals surface area contributed by atoms with Crippen molar-refractivity contribution in [2.24, 2.45) is 0 Å². The normalized spacial score (nSPS) is 28.5. The Hall–Kier alpha value is -0.460. The quantitative estimate of drug-likeness (QED) is 0.377. The van der Waals surface area contributed by atoms with Crippen LogP contribution < -0.4 is 0 Å². The summed E-state index contributed by atoms with van der Waals surface area (Å²) in [5.74, 6) is 0. The molecule has 0 unspecified atom stereocenters. The lowest BCUT2D eigenvalue weighted by molar-refractivity contribution is -0.205. The van der Waals surface area contributed by atoms with Crippen molar-refractivity contribution in [3.63, 3.8) is 0 Å². The Balaban J connectivity index is 2.01. The zero-order chi connectivity index (χ0) is 16.9. The van der Waals surface area contributed by atoms with Crippen molar-refractivity contribution in [2.75, 3.05) is 19.8 Å². The molecule has 4 atom stereocenters. The van der Waals surface area contributed by atoms with Crippen molar-refractivity contribution in [2.45, 2.75) is 82.7 Å². The summed E-state index contributed by atoms with van der Waals surface area (Å²) in [5.41, 5.74) is 0. The molecule has 0 spiro atoms. The molecule has 5 heteroatoms. The van der Waals surface area contributed by atoms with Crippen LogP contribution in [0.1, 0.15) is 58.3 Å². The number of hydrogen-bond donors (Lipinski definition) is 3. The number of allylic oxidation sites excluding steroid dienone is 1. The number of aliphatic hydroxyl groups excluding tert-OH is 3. The minimum absolute atomic E-state index is 0.190. The van der Waals surface area contributed by atoms with E-state index >= 15 is 0 Å². The van der Waals surface area contributed by atoms with E-state index in [2.05, 4.69) is 13.0 Å². The smallest absolute Gasteiger partial charge is 0.111 e. The van der Waals surface area contributed by atoms with E-state index in [1.807, 2.05) is 6.08 Å². The van der Waals surface area contributed by atoms with E-state index in [0.29, 0.717) is 6.61 Å². The van der Waals surface area contributed by atoms with Crippen LogP contribution in [0.25, 0.3) is 0 Å². The molecule has 0 aliphatic carbocycles. The van der Waals surface area contributed by atoms with Crippen molar-refractivity contribution in [1.82, 2.24) is 0 Å². The van der Waals surface area contributed by atoms with Gasteiger partial charge in [0.05, 0.1) is 19.8 Å². The number of hydrogen-bond acceptors (Lipinski definition) is 5. The van der Waals surface area contributed by atoms with Crippen molar-refractivity contribution in [3.05, 3.63) is 12.2 Å². The maximum absolute atomic E-state index is 9.91. The number of aliphatic hydroxyl groups is 3. The summed E-state index contributed by atoms with van der Waals surface area (Å²) in [5, 5.41) is 28.7. The van der Waals surface area contributed by atoms with Gasteiger partial charge in [-0.05, 0) is 12.8 Å². The van der Waals surface area contributed by atoms with Gasteiger partial charge in [0.25, 0.3) is 0 Å². The maximum Gasteiger partial charge on any atom is 0.111 e. The van der Waals surface area contributed by atoms with Crippen LogP contribution >= 0.6 is 0 Å². The molecule has 0 saturated carbocycles. The molecule has 1 rings (SSSR count). The highest BCUT2D eigenvalue weighted by Gasteiger charge is 2.38. The van der Waals surface area contributed by atoms with Crippen LogP contribution in [0.3, 0.4) is 0 Å². The minimum Gasteiger partial charge on any atom is -0.394 e. The van der Waals surface area contributed by atoms with Crippen molar-refractivity contribution in [1.29, 1.82) is 0 Å². The fraction of sp³-hybridized carbons (Fsp3) is 0.889. The van der Waals surface area contributed by atoms with Crippen LogP contribution in [0.5, 0.6) is 0 Å². The topological polar surface area (TPSA) is 79.2 Å². The molecule has 0 aromatic heterocycles. The van der Waals surface area contributed by atoms with Crippen LogP contribution in [-0.2, 0) is 9.47 Å². The molecule has 1 fully saturated rings. The number of ether oxygens (including phenoxy) is 2. The Kier molecular flexibility index (Phi) is 11.5. The third kappa shape index (κ3) is 8.27. The first-order valence-electron chi connectivity index (χ1n) is 9.05. The minimum atomic E-state index is -1.10. The maximum atomic E-state index is 9.91. The summed E-state index contributed by atoms with van der Waals surface area (Å²) < 4.78 is 10.8. The van der Waals surface area contributed by atoms with Crippen LogP contribution in [0.2, 0.25) is 0 Å². The molecule has 3 N–H and O–H groups in total. The van der Waals surface area contributed by atoms with Crippen molar-refractivity contribution >= 4 is 0 Å². The highest BCUT2D eigenvalue weighted by molar-refractivity contribution is 4.89. The van der Waals surface area contributed by atoms with Crippen LogP contribution in [-0.4, -0.2) is 59.6 Å². The summed E-state index contributed by atoms with van der Waals surface area (Å²) in [6, 6.07) is 0. The fourth-order valence-corrected chi connectivity index (χ4v) is 2.75. The van der Waals surface area contributed by atoms with E-state index in [0.717, 1.165) is 6.42 Å². The molecule has 1 heterocycles. The predicted octanol–water partition coefficient (Wildman–Crippen LogP) is 2.18. The summed E-state index contributed by atoms with van der Waals surface area (Å²) in [4.78, 5) is 0. The first kappa shape index (κ1) is 20.6. The Morgan fingerprint density at radius 3 is 2.39 bits per heavy atom. The molecule has 0 aromatic carbocycles. The first-order valence-corrected chi connectivity index (χ1v) is 9.05. The van der Waals surface area contributed by atoms with E-state index in [9.17, 15) is 10.2 Å². The molecule has 23 heavy (non-hydrogen) atoms. The zero-order valence-corrected chi connectivity index (χ0v) is 14.4. The van der Waals surface area contributed by atoms with Gasteiger partial charge in [-0.1, -0.05) is 57.6 Å². The van der Waals surface area contributed by atoms with E-state index in [1.54, 1.807) is 0 Å². The first-order chi connectivity index (χ1) is 11.2. The second-order valence-corrected chi connectivity index (χ2v) is 6.29. The molecule has 0 bridgehead atoms. The third-order valence-electron chi connectivity index (χ3n) is 4.31. The SMILES string of the molecule is CCCCCCCCC/C=C/CO[C@H]1CO[C@H](CO)[C@@H](O)[C@@H]1O. The molecule has 0 amide bonds. The Morgan fingerprint density at radius 1 is 1.00 bits per heavy atom. The molecule has 1 aliphatic rings. The standard InChI is InChI=1S/C18H34O5/c1-2-3-4-5-6-7-8-9-10-11-12-22-16-14-23-15(13-19)17(20)18(16)21/h10-11,15-21H,2-9,12-14H2,1H3/b11-10+/t15-,16+,17-,18-/m1/s1. The average Bonchev–Trinajstić information content (AvgIpc) is 2.56. The zero-order valence-electron chi connectivity index (χ0n) is 14.4. The molecule has 1 saturated heterocycles. The number of rotatable bonds is 12. The highest BCUT2D eigenvalue weighted by Crippen LogP contribution is 2.17. The lowest BCUT2D eigenvalue weighted by Crippen LogP contribution is -2.54. The van der Waals surface area contributed by atoms with Gasteiger partial charge in [0, 0.05) is 0 Å². The lowest BCUT2D eigenvalue weighted by Gasteiger charge is -2.36. The van der Waals surface area contributed by atoms with Gasteiger partial charge in [-0.2, -0.15) is 0 Å². The molecule has 0 radical (unpaired) electrons. The molecule has 5 nitrogen and oxygen atoms in total. The predicted molar refractivity (Wildman–Crippen MR) is 90.3 cm³/mol. The van der Waals surface area contributed by atoms with Crippen molar-refractivity contribution < 1.29 is 24.8 Å². The third-order valence-corrected chi connectivity index (χ3v) is 4.31. The van der Waals surface area contributed by atoms with Gasteiger partial charge >= 0.3 is 0 Å².